The molecule has 0 bridgehead atoms. The molecule has 0 heterocycles. The molecule has 0 radical (unpaired) electrons. The number of halogens is 2. The third-order valence-electron chi connectivity index (χ3n) is 2.57. The van der Waals surface area contributed by atoms with Crippen LogP contribution in [0.15, 0.2) is 59.6 Å². The van der Waals surface area contributed by atoms with Crippen molar-refractivity contribution in [1.29, 1.82) is 0 Å². The molecule has 0 atom stereocenters. The molecule has 20 heavy (non-hydrogen) atoms. The van der Waals surface area contributed by atoms with Crippen LogP contribution in [-0.4, -0.2) is 5.84 Å². The van der Waals surface area contributed by atoms with Gasteiger partial charge in [0.15, 0.2) is 0 Å². The maximum atomic E-state index is 5.96. The maximum absolute atomic E-state index is 5.96. The highest BCUT2D eigenvalue weighted by Crippen LogP contribution is 2.17. The molecule has 2 aromatic carbocycles. The highest BCUT2D eigenvalue weighted by Gasteiger charge is 1.98. The van der Waals surface area contributed by atoms with Crippen LogP contribution in [-0.2, 0) is 0 Å². The number of nitrogens with two attached hydrogens (primary N) is 2. The predicted octanol–water partition coefficient (Wildman–Crippen LogP) is 3.98. The van der Waals surface area contributed by atoms with Crippen LogP contribution in [0.25, 0.3) is 5.70 Å². The molecular formula is C15H13Cl2N3. The van der Waals surface area contributed by atoms with E-state index in [1.165, 1.54) is 0 Å². The van der Waals surface area contributed by atoms with Gasteiger partial charge in [-0.1, -0.05) is 35.3 Å². The van der Waals surface area contributed by atoms with Gasteiger partial charge in [0.1, 0.15) is 5.84 Å². The molecule has 0 aliphatic carbocycles. The van der Waals surface area contributed by atoms with Crippen LogP contribution in [0.3, 0.4) is 0 Å². The Morgan fingerprint density at radius 3 is 1.90 bits per heavy atom. The van der Waals surface area contributed by atoms with Crippen LogP contribution < -0.4 is 11.5 Å². The van der Waals surface area contributed by atoms with Gasteiger partial charge in [-0.15, -0.1) is 0 Å². The van der Waals surface area contributed by atoms with Gasteiger partial charge in [0.25, 0.3) is 0 Å². The molecule has 0 aliphatic heterocycles. The summed E-state index contributed by atoms with van der Waals surface area (Å²) in [7, 11) is 0. The van der Waals surface area contributed by atoms with Gasteiger partial charge < -0.3 is 11.5 Å². The average Bonchev–Trinajstić information content (AvgIpc) is 2.42. The van der Waals surface area contributed by atoms with Crippen LogP contribution >= 0.6 is 23.2 Å². The fourth-order valence-electron chi connectivity index (χ4n) is 1.58. The van der Waals surface area contributed by atoms with Crippen LogP contribution in [0.4, 0.5) is 5.69 Å². The molecule has 0 saturated heterocycles. The minimum atomic E-state index is 0.319. The Labute approximate surface area is 127 Å². The lowest BCUT2D eigenvalue weighted by molar-refractivity contribution is 1.47. The Kier molecular flexibility index (Phi) is 4.66. The van der Waals surface area contributed by atoms with Crippen LogP contribution in [0.1, 0.15) is 5.56 Å². The van der Waals surface area contributed by atoms with Crippen molar-refractivity contribution < 1.29 is 0 Å². The summed E-state index contributed by atoms with van der Waals surface area (Å²) in [6, 6.07) is 14.2. The van der Waals surface area contributed by atoms with E-state index in [1.807, 2.05) is 12.1 Å². The van der Waals surface area contributed by atoms with Crippen molar-refractivity contribution in [3.63, 3.8) is 0 Å². The zero-order valence-electron chi connectivity index (χ0n) is 10.6. The zero-order valence-corrected chi connectivity index (χ0v) is 12.1. The number of aliphatic imine (C=N–C) groups is 1. The van der Waals surface area contributed by atoms with Gasteiger partial charge in [0.05, 0.1) is 5.69 Å². The number of hydrogen-bond donors (Lipinski definition) is 2. The van der Waals surface area contributed by atoms with Crippen molar-refractivity contribution in [2.75, 3.05) is 0 Å². The first-order chi connectivity index (χ1) is 9.54. The zero-order chi connectivity index (χ0) is 14.5. The highest BCUT2D eigenvalue weighted by atomic mass is 35.5. The summed E-state index contributed by atoms with van der Waals surface area (Å²) in [6.45, 7) is 0. The van der Waals surface area contributed by atoms with E-state index in [9.17, 15) is 0 Å². The van der Waals surface area contributed by atoms with Gasteiger partial charge in [-0.3, -0.25) is 0 Å². The number of rotatable bonds is 3. The number of amidine groups is 1. The second kappa shape index (κ2) is 6.46. The van der Waals surface area contributed by atoms with Gasteiger partial charge in [-0.05, 0) is 42.0 Å². The highest BCUT2D eigenvalue weighted by molar-refractivity contribution is 6.30. The molecule has 102 valence electrons. The summed E-state index contributed by atoms with van der Waals surface area (Å²) >= 11 is 11.6. The van der Waals surface area contributed by atoms with E-state index in [0.29, 0.717) is 27.3 Å². The van der Waals surface area contributed by atoms with Crippen molar-refractivity contribution in [1.82, 2.24) is 0 Å². The monoisotopic (exact) mass is 305 g/mol. The lowest BCUT2D eigenvalue weighted by atomic mass is 10.1. The molecule has 0 aromatic heterocycles. The summed E-state index contributed by atoms with van der Waals surface area (Å²) in [5.74, 6) is 0.319. The van der Waals surface area contributed by atoms with Crippen LogP contribution in [0.5, 0.6) is 0 Å². The summed E-state index contributed by atoms with van der Waals surface area (Å²) in [5.41, 5.74) is 13.9. The molecule has 0 saturated carbocycles. The molecular weight excluding hydrogens is 293 g/mol. The molecule has 0 amide bonds. The van der Waals surface area contributed by atoms with Gasteiger partial charge in [-0.25, -0.2) is 4.99 Å². The maximum Gasteiger partial charge on any atom is 0.126 e. The largest absolute Gasteiger partial charge is 0.398 e. The van der Waals surface area contributed by atoms with Crippen molar-refractivity contribution in [2.24, 2.45) is 16.5 Å². The minimum absolute atomic E-state index is 0.319. The summed E-state index contributed by atoms with van der Waals surface area (Å²) in [4.78, 5) is 4.24. The second-order valence-corrected chi connectivity index (χ2v) is 4.99. The molecule has 5 heteroatoms. The molecule has 0 unspecified atom stereocenters. The molecule has 2 aromatic rings. The summed E-state index contributed by atoms with van der Waals surface area (Å²) < 4.78 is 0. The van der Waals surface area contributed by atoms with Crippen molar-refractivity contribution in [3.8, 4) is 0 Å². The average molecular weight is 306 g/mol. The molecule has 4 N–H and O–H groups in total. The first-order valence-electron chi connectivity index (χ1n) is 5.87. The third-order valence-corrected chi connectivity index (χ3v) is 3.07. The number of hydrogen-bond acceptors (Lipinski definition) is 2. The fraction of sp³-hybridized carbons (Fsp3) is 0. The van der Waals surface area contributed by atoms with E-state index in [2.05, 4.69) is 4.99 Å². The number of benzene rings is 2. The predicted molar refractivity (Wildman–Crippen MR) is 86.4 cm³/mol. The quantitative estimate of drug-likeness (QED) is 0.665. The standard InChI is InChI=1S/C15H13Cl2N3/c16-11-3-1-10(2-4-11)14(18)9-15(19)20-13-7-5-12(17)6-8-13/h1-9H,18H2,(H2,19,20)/b14-9-. The number of nitrogens with zero attached hydrogens (tertiary/aromatic N) is 1. The SMILES string of the molecule is NC(/C=C(\N)c1ccc(Cl)cc1)=Nc1ccc(Cl)cc1. The molecule has 0 spiro atoms. The lowest BCUT2D eigenvalue weighted by Gasteiger charge is -2.02. The normalized spacial score (nSPS) is 12.5. The van der Waals surface area contributed by atoms with Gasteiger partial charge in [0.2, 0.25) is 0 Å². The topological polar surface area (TPSA) is 64.4 Å². The molecule has 2 rings (SSSR count). The van der Waals surface area contributed by atoms with E-state index in [1.54, 1.807) is 42.5 Å². The van der Waals surface area contributed by atoms with Crippen molar-refractivity contribution in [3.05, 3.63) is 70.2 Å². The van der Waals surface area contributed by atoms with E-state index < -0.39 is 0 Å². The summed E-state index contributed by atoms with van der Waals surface area (Å²) in [6.07, 6.45) is 1.61. The Hall–Kier alpha value is -1.97. The van der Waals surface area contributed by atoms with E-state index >= 15 is 0 Å². The Morgan fingerprint density at radius 1 is 0.850 bits per heavy atom. The second-order valence-electron chi connectivity index (χ2n) is 4.12. The van der Waals surface area contributed by atoms with Crippen molar-refractivity contribution >= 4 is 40.4 Å². The van der Waals surface area contributed by atoms with Crippen LogP contribution in [0, 0.1) is 0 Å². The fourth-order valence-corrected chi connectivity index (χ4v) is 1.83. The smallest absolute Gasteiger partial charge is 0.126 e. The van der Waals surface area contributed by atoms with E-state index in [-0.39, 0.29) is 0 Å². The van der Waals surface area contributed by atoms with E-state index in [4.69, 9.17) is 34.7 Å². The lowest BCUT2D eigenvalue weighted by Crippen LogP contribution is -2.10. The van der Waals surface area contributed by atoms with E-state index in [0.717, 1.165) is 5.56 Å². The van der Waals surface area contributed by atoms with Gasteiger partial charge >= 0.3 is 0 Å². The third kappa shape index (κ3) is 4.02. The van der Waals surface area contributed by atoms with Crippen molar-refractivity contribution in [2.45, 2.75) is 0 Å². The first kappa shape index (κ1) is 14.4. The minimum Gasteiger partial charge on any atom is -0.398 e. The van der Waals surface area contributed by atoms with Crippen LogP contribution in [0.2, 0.25) is 10.0 Å². The Bertz CT molecular complexity index is 644. The molecule has 0 fully saturated rings. The molecule has 0 aliphatic rings. The first-order valence-corrected chi connectivity index (χ1v) is 6.63. The Balaban J connectivity index is 2.20. The Morgan fingerprint density at radius 2 is 1.35 bits per heavy atom. The van der Waals surface area contributed by atoms with Gasteiger partial charge in [-0.2, -0.15) is 0 Å². The van der Waals surface area contributed by atoms with Gasteiger partial charge in [0, 0.05) is 21.8 Å². The molecule has 3 nitrogen and oxygen atoms in total. The summed E-state index contributed by atoms with van der Waals surface area (Å²) in [5, 5.41) is 1.31.